The van der Waals surface area contributed by atoms with Crippen LogP contribution >= 0.6 is 11.3 Å². The first-order valence-electron chi connectivity index (χ1n) is 6.25. The lowest BCUT2D eigenvalue weighted by Crippen LogP contribution is -2.17. The van der Waals surface area contributed by atoms with E-state index in [0.717, 1.165) is 25.8 Å². The average Bonchev–Trinajstić information content (AvgIpc) is 2.70. The van der Waals surface area contributed by atoms with Gasteiger partial charge in [-0.05, 0) is 25.8 Å². The first-order chi connectivity index (χ1) is 8.49. The third-order valence-electron chi connectivity index (χ3n) is 2.47. The highest BCUT2D eigenvalue weighted by atomic mass is 32.1. The van der Waals surface area contributed by atoms with Gasteiger partial charge in [0, 0.05) is 6.54 Å². The standard InChI is InChI=1S/C12H19F3N2S/c1-3-5-6-10-17-11(12(13,14)15)9(18-10)8-16-7-4-2/h16H,3-8H2,1-2H3. The predicted octanol–water partition coefficient (Wildman–Crippen LogP) is 4.00. The van der Waals surface area contributed by atoms with Crippen LogP contribution in [0, 0.1) is 0 Å². The SMILES string of the molecule is CCCCc1nc(C(F)(F)F)c(CNCCC)s1. The van der Waals surface area contributed by atoms with Crippen LogP contribution in [0.3, 0.4) is 0 Å². The summed E-state index contributed by atoms with van der Waals surface area (Å²) in [7, 11) is 0. The molecule has 0 atom stereocenters. The van der Waals surface area contributed by atoms with Crippen molar-refractivity contribution in [3.63, 3.8) is 0 Å². The van der Waals surface area contributed by atoms with E-state index < -0.39 is 11.9 Å². The van der Waals surface area contributed by atoms with Crippen LogP contribution in [-0.2, 0) is 19.1 Å². The van der Waals surface area contributed by atoms with Crippen molar-refractivity contribution in [2.75, 3.05) is 6.54 Å². The Labute approximate surface area is 110 Å². The molecule has 0 aliphatic rings. The van der Waals surface area contributed by atoms with Gasteiger partial charge in [0.05, 0.1) is 9.88 Å². The van der Waals surface area contributed by atoms with Gasteiger partial charge in [-0.2, -0.15) is 13.2 Å². The topological polar surface area (TPSA) is 24.9 Å². The zero-order valence-electron chi connectivity index (χ0n) is 10.7. The average molecular weight is 280 g/mol. The van der Waals surface area contributed by atoms with Crippen LogP contribution in [0.2, 0.25) is 0 Å². The maximum atomic E-state index is 12.8. The molecule has 0 spiro atoms. The summed E-state index contributed by atoms with van der Waals surface area (Å²) in [5, 5.41) is 3.60. The summed E-state index contributed by atoms with van der Waals surface area (Å²) in [4.78, 5) is 4.06. The molecule has 1 aromatic heterocycles. The Bertz CT molecular complexity index is 361. The smallest absolute Gasteiger partial charge is 0.312 e. The minimum absolute atomic E-state index is 0.256. The molecule has 0 aromatic carbocycles. The fraction of sp³-hybridized carbons (Fsp3) is 0.750. The Balaban J connectivity index is 2.80. The normalized spacial score (nSPS) is 12.1. The highest BCUT2D eigenvalue weighted by Gasteiger charge is 2.37. The highest BCUT2D eigenvalue weighted by molar-refractivity contribution is 7.11. The minimum atomic E-state index is -4.34. The van der Waals surface area contributed by atoms with Crippen LogP contribution in [-0.4, -0.2) is 11.5 Å². The molecular formula is C12H19F3N2S. The molecule has 0 bridgehead atoms. The van der Waals surface area contributed by atoms with E-state index in [1.807, 2.05) is 13.8 Å². The Kier molecular flexibility index (Phi) is 6.08. The number of nitrogens with zero attached hydrogens (tertiary/aromatic N) is 1. The third kappa shape index (κ3) is 4.57. The van der Waals surface area contributed by atoms with E-state index in [9.17, 15) is 13.2 Å². The van der Waals surface area contributed by atoms with Crippen LogP contribution in [0.1, 0.15) is 48.7 Å². The van der Waals surface area contributed by atoms with Gasteiger partial charge in [-0.1, -0.05) is 20.3 Å². The Morgan fingerprint density at radius 2 is 1.94 bits per heavy atom. The second-order valence-corrected chi connectivity index (χ2v) is 5.33. The van der Waals surface area contributed by atoms with Crippen molar-refractivity contribution < 1.29 is 13.2 Å². The molecule has 0 saturated carbocycles. The fourth-order valence-corrected chi connectivity index (χ4v) is 2.66. The van der Waals surface area contributed by atoms with Gasteiger partial charge in [-0.15, -0.1) is 11.3 Å². The molecule has 0 amide bonds. The van der Waals surface area contributed by atoms with Gasteiger partial charge >= 0.3 is 6.18 Å². The molecule has 0 saturated heterocycles. The summed E-state index contributed by atoms with van der Waals surface area (Å²) in [5.74, 6) is 0. The van der Waals surface area contributed by atoms with Crippen LogP contribution < -0.4 is 5.32 Å². The lowest BCUT2D eigenvalue weighted by Gasteiger charge is -2.06. The summed E-state index contributed by atoms with van der Waals surface area (Å²) in [6, 6.07) is 0. The minimum Gasteiger partial charge on any atom is -0.312 e. The number of alkyl halides is 3. The lowest BCUT2D eigenvalue weighted by atomic mass is 10.2. The maximum absolute atomic E-state index is 12.8. The molecule has 0 fully saturated rings. The van der Waals surface area contributed by atoms with Gasteiger partial charge in [-0.3, -0.25) is 0 Å². The molecule has 1 heterocycles. The van der Waals surface area contributed by atoms with Crippen molar-refractivity contribution in [2.24, 2.45) is 0 Å². The number of rotatable bonds is 7. The van der Waals surface area contributed by atoms with E-state index in [2.05, 4.69) is 10.3 Å². The van der Waals surface area contributed by atoms with Gasteiger partial charge in [0.1, 0.15) is 0 Å². The van der Waals surface area contributed by atoms with Crippen molar-refractivity contribution in [1.82, 2.24) is 10.3 Å². The van der Waals surface area contributed by atoms with Gasteiger partial charge in [0.25, 0.3) is 0 Å². The van der Waals surface area contributed by atoms with Gasteiger partial charge in [0.2, 0.25) is 0 Å². The second kappa shape index (κ2) is 7.09. The number of aromatic nitrogens is 1. The monoisotopic (exact) mass is 280 g/mol. The van der Waals surface area contributed by atoms with Crippen molar-refractivity contribution >= 4 is 11.3 Å². The Morgan fingerprint density at radius 1 is 1.22 bits per heavy atom. The lowest BCUT2D eigenvalue weighted by molar-refractivity contribution is -0.141. The molecule has 2 nitrogen and oxygen atoms in total. The van der Waals surface area contributed by atoms with Crippen LogP contribution in [0.15, 0.2) is 0 Å². The first kappa shape index (κ1) is 15.4. The largest absolute Gasteiger partial charge is 0.434 e. The molecule has 1 N–H and O–H groups in total. The summed E-state index contributed by atoms with van der Waals surface area (Å²) in [5.41, 5.74) is -0.706. The van der Waals surface area contributed by atoms with Crippen molar-refractivity contribution in [2.45, 2.75) is 52.3 Å². The summed E-state index contributed by atoms with van der Waals surface area (Å²) >= 11 is 1.18. The number of unbranched alkanes of at least 4 members (excludes halogenated alkanes) is 1. The van der Waals surface area contributed by atoms with E-state index in [1.54, 1.807) is 0 Å². The summed E-state index contributed by atoms with van der Waals surface area (Å²) in [6.07, 6.45) is -0.956. The molecule has 104 valence electrons. The van der Waals surface area contributed by atoms with Crippen molar-refractivity contribution in [3.8, 4) is 0 Å². The van der Waals surface area contributed by atoms with Crippen molar-refractivity contribution in [3.05, 3.63) is 15.6 Å². The maximum Gasteiger partial charge on any atom is 0.434 e. The third-order valence-corrected chi connectivity index (χ3v) is 3.58. The van der Waals surface area contributed by atoms with E-state index in [1.165, 1.54) is 11.3 Å². The quantitative estimate of drug-likeness (QED) is 0.763. The number of thiazole rings is 1. The predicted molar refractivity (Wildman–Crippen MR) is 67.7 cm³/mol. The molecule has 1 aromatic rings. The van der Waals surface area contributed by atoms with E-state index in [4.69, 9.17) is 0 Å². The Morgan fingerprint density at radius 3 is 2.50 bits per heavy atom. The van der Waals surface area contributed by atoms with Gasteiger partial charge < -0.3 is 5.32 Å². The number of hydrogen-bond donors (Lipinski definition) is 1. The first-order valence-corrected chi connectivity index (χ1v) is 7.07. The van der Waals surface area contributed by atoms with Crippen LogP contribution in [0.25, 0.3) is 0 Å². The summed E-state index contributed by atoms with van der Waals surface area (Å²) in [6.45, 7) is 4.98. The Hall–Kier alpha value is -0.620. The molecule has 6 heteroatoms. The number of halogens is 3. The number of nitrogens with one attached hydrogen (secondary N) is 1. The van der Waals surface area contributed by atoms with Crippen LogP contribution in [0.4, 0.5) is 13.2 Å². The van der Waals surface area contributed by atoms with E-state index >= 15 is 0 Å². The van der Waals surface area contributed by atoms with Crippen molar-refractivity contribution in [1.29, 1.82) is 0 Å². The van der Waals surface area contributed by atoms with Crippen LogP contribution in [0.5, 0.6) is 0 Å². The molecule has 0 aliphatic carbocycles. The molecule has 0 aliphatic heterocycles. The van der Waals surface area contributed by atoms with E-state index in [0.29, 0.717) is 16.3 Å². The highest BCUT2D eigenvalue weighted by Crippen LogP contribution is 2.34. The molecular weight excluding hydrogens is 261 g/mol. The number of aryl methyl sites for hydroxylation is 1. The molecule has 1 rings (SSSR count). The second-order valence-electron chi connectivity index (χ2n) is 4.16. The van der Waals surface area contributed by atoms with Gasteiger partial charge in [0.15, 0.2) is 5.69 Å². The van der Waals surface area contributed by atoms with E-state index in [-0.39, 0.29) is 6.54 Å². The zero-order valence-corrected chi connectivity index (χ0v) is 11.5. The molecule has 0 radical (unpaired) electrons. The fourth-order valence-electron chi connectivity index (χ4n) is 1.56. The molecule has 18 heavy (non-hydrogen) atoms. The summed E-state index contributed by atoms with van der Waals surface area (Å²) < 4.78 is 38.4. The van der Waals surface area contributed by atoms with Gasteiger partial charge in [-0.25, -0.2) is 4.98 Å². The molecule has 0 unspecified atom stereocenters. The number of hydrogen-bond acceptors (Lipinski definition) is 3. The zero-order chi connectivity index (χ0) is 13.6.